The number of thioether (sulfide) groups is 1. The number of hydrogen-bond donors (Lipinski definition) is 8. The number of benzene rings is 1. The number of aliphatic carboxylic acids is 1. The summed E-state index contributed by atoms with van der Waals surface area (Å²) in [5, 5.41) is 17.8. The van der Waals surface area contributed by atoms with Gasteiger partial charge < -0.3 is 43.2 Å². The van der Waals surface area contributed by atoms with E-state index in [2.05, 4.69) is 20.9 Å². The second kappa shape index (κ2) is 16.5. The summed E-state index contributed by atoms with van der Waals surface area (Å²) in [6, 6.07) is 2.90. The molecule has 0 aliphatic carbocycles. The highest BCUT2D eigenvalue weighted by Gasteiger charge is 2.31. The molecule has 4 unspecified atom stereocenters. The lowest BCUT2D eigenvalue weighted by molar-refractivity contribution is -0.142. The molecule has 0 saturated carbocycles. The van der Waals surface area contributed by atoms with Crippen LogP contribution in [0.2, 0.25) is 0 Å². The van der Waals surface area contributed by atoms with E-state index in [9.17, 15) is 29.1 Å². The quantitative estimate of drug-likeness (QED) is 0.105. The fraction of sp³-hybridized carbons (Fsp3) is 0.500. The maximum absolute atomic E-state index is 13.2. The van der Waals surface area contributed by atoms with Crippen molar-refractivity contribution in [1.82, 2.24) is 20.9 Å². The standard InChI is InChI=1S/C26H39N7O6S/c1-40-11-9-19(31-23(35)17(28)12-15-14-30-18-7-3-2-6-16(15)18)24(36)33-21(13-22(29)34)25(37)32-20(26(38)39)8-4-5-10-27/h2-3,6-7,14,17,19-21,30H,4-5,8-13,27-28H2,1H3,(H2,29,34)(H,31,35)(H,32,37)(H,33,36)(H,38,39). The summed E-state index contributed by atoms with van der Waals surface area (Å²) >= 11 is 1.45. The molecule has 0 bridgehead atoms. The summed E-state index contributed by atoms with van der Waals surface area (Å²) in [5.74, 6) is -3.79. The third kappa shape index (κ3) is 10.2. The number of primary amides is 1. The van der Waals surface area contributed by atoms with Crippen molar-refractivity contribution < 1.29 is 29.1 Å². The van der Waals surface area contributed by atoms with Crippen LogP contribution in [-0.2, 0) is 30.4 Å². The average Bonchev–Trinajstić information content (AvgIpc) is 3.32. The van der Waals surface area contributed by atoms with Crippen LogP contribution >= 0.6 is 11.8 Å². The van der Waals surface area contributed by atoms with Gasteiger partial charge >= 0.3 is 5.97 Å². The molecule has 220 valence electrons. The van der Waals surface area contributed by atoms with Gasteiger partial charge in [-0.05, 0) is 62.3 Å². The predicted octanol–water partition coefficient (Wildman–Crippen LogP) is -0.666. The minimum atomic E-state index is -1.44. The molecule has 4 amide bonds. The first kappa shape index (κ1) is 32.6. The second-order valence-corrected chi connectivity index (χ2v) is 10.4. The monoisotopic (exact) mass is 577 g/mol. The van der Waals surface area contributed by atoms with Gasteiger partial charge in [0.25, 0.3) is 0 Å². The fourth-order valence-electron chi connectivity index (χ4n) is 4.12. The summed E-state index contributed by atoms with van der Waals surface area (Å²) in [7, 11) is 0. The van der Waals surface area contributed by atoms with Gasteiger partial charge in [-0.1, -0.05) is 18.2 Å². The summed E-state index contributed by atoms with van der Waals surface area (Å²) < 4.78 is 0. The summed E-state index contributed by atoms with van der Waals surface area (Å²) in [5.41, 5.74) is 18.7. The van der Waals surface area contributed by atoms with Crippen molar-refractivity contribution >= 4 is 52.3 Å². The third-order valence-corrected chi connectivity index (χ3v) is 6.94. The number of para-hydroxylation sites is 1. The summed E-state index contributed by atoms with van der Waals surface area (Å²) in [6.45, 7) is 0.370. The molecule has 2 aromatic rings. The molecule has 2 rings (SSSR count). The number of unbranched alkanes of at least 4 members (excludes halogenated alkanes) is 1. The Bertz CT molecular complexity index is 1170. The zero-order chi connectivity index (χ0) is 29.7. The van der Waals surface area contributed by atoms with Crippen molar-refractivity contribution in [2.24, 2.45) is 17.2 Å². The topological polar surface area (TPSA) is 236 Å². The zero-order valence-corrected chi connectivity index (χ0v) is 23.3. The van der Waals surface area contributed by atoms with Gasteiger partial charge in [0.1, 0.15) is 18.1 Å². The Labute approximate surface area is 236 Å². The Morgan fingerprint density at radius 3 is 2.25 bits per heavy atom. The number of fused-ring (bicyclic) bond motifs is 1. The largest absolute Gasteiger partial charge is 0.480 e. The van der Waals surface area contributed by atoms with Crippen LogP contribution in [0.3, 0.4) is 0 Å². The molecule has 0 aliphatic heterocycles. The van der Waals surface area contributed by atoms with E-state index in [1.165, 1.54) is 11.8 Å². The first-order chi connectivity index (χ1) is 19.1. The SMILES string of the molecule is CSCCC(NC(=O)C(N)Cc1c[nH]c2ccccc12)C(=O)NC(CC(N)=O)C(=O)NC(CCCCN)C(=O)O. The molecule has 40 heavy (non-hydrogen) atoms. The molecule has 0 saturated heterocycles. The number of carboxylic acids is 1. The lowest BCUT2D eigenvalue weighted by Gasteiger charge is -2.24. The number of rotatable bonds is 18. The van der Waals surface area contributed by atoms with Crippen LogP contribution in [0.1, 0.15) is 37.7 Å². The van der Waals surface area contributed by atoms with Crippen molar-refractivity contribution in [3.63, 3.8) is 0 Å². The minimum Gasteiger partial charge on any atom is -0.480 e. The number of carbonyl (C=O) groups excluding carboxylic acids is 4. The maximum atomic E-state index is 13.2. The molecule has 0 radical (unpaired) electrons. The highest BCUT2D eigenvalue weighted by molar-refractivity contribution is 7.98. The molecule has 1 heterocycles. The van der Waals surface area contributed by atoms with E-state index in [1.54, 1.807) is 6.20 Å². The lowest BCUT2D eigenvalue weighted by atomic mass is 10.0. The molecular weight excluding hydrogens is 538 g/mol. The lowest BCUT2D eigenvalue weighted by Crippen LogP contribution is -2.58. The Balaban J connectivity index is 2.10. The van der Waals surface area contributed by atoms with Gasteiger partial charge in [0.2, 0.25) is 23.6 Å². The first-order valence-electron chi connectivity index (χ1n) is 13.0. The molecule has 1 aromatic heterocycles. The Hall–Kier alpha value is -3.62. The molecule has 13 nitrogen and oxygen atoms in total. The Morgan fingerprint density at radius 2 is 1.60 bits per heavy atom. The fourth-order valence-corrected chi connectivity index (χ4v) is 4.59. The average molecular weight is 578 g/mol. The van der Waals surface area contributed by atoms with E-state index in [0.717, 1.165) is 16.5 Å². The molecule has 0 aliphatic rings. The van der Waals surface area contributed by atoms with Gasteiger partial charge in [0, 0.05) is 17.1 Å². The van der Waals surface area contributed by atoms with Crippen LogP contribution in [0.4, 0.5) is 0 Å². The van der Waals surface area contributed by atoms with Crippen LogP contribution < -0.4 is 33.2 Å². The number of aromatic nitrogens is 1. The van der Waals surface area contributed by atoms with Gasteiger partial charge in [-0.15, -0.1) is 0 Å². The van der Waals surface area contributed by atoms with Crippen molar-refractivity contribution in [3.8, 4) is 0 Å². The predicted molar refractivity (Wildman–Crippen MR) is 153 cm³/mol. The van der Waals surface area contributed by atoms with Crippen LogP contribution in [-0.4, -0.2) is 82.4 Å². The van der Waals surface area contributed by atoms with E-state index < -0.39 is 60.2 Å². The zero-order valence-electron chi connectivity index (χ0n) is 22.5. The van der Waals surface area contributed by atoms with E-state index in [4.69, 9.17) is 17.2 Å². The van der Waals surface area contributed by atoms with E-state index in [1.807, 2.05) is 30.5 Å². The number of carbonyl (C=O) groups is 5. The smallest absolute Gasteiger partial charge is 0.326 e. The van der Waals surface area contributed by atoms with Crippen LogP contribution in [0.5, 0.6) is 0 Å². The second-order valence-electron chi connectivity index (χ2n) is 9.43. The van der Waals surface area contributed by atoms with E-state index >= 15 is 0 Å². The minimum absolute atomic E-state index is 0.121. The van der Waals surface area contributed by atoms with Crippen molar-refractivity contribution in [3.05, 3.63) is 36.0 Å². The highest BCUT2D eigenvalue weighted by Crippen LogP contribution is 2.19. The Morgan fingerprint density at radius 1 is 0.950 bits per heavy atom. The molecular formula is C26H39N7O6S. The number of nitrogens with one attached hydrogen (secondary N) is 4. The van der Waals surface area contributed by atoms with Crippen LogP contribution in [0.15, 0.2) is 30.5 Å². The van der Waals surface area contributed by atoms with E-state index in [-0.39, 0.29) is 19.3 Å². The molecule has 11 N–H and O–H groups in total. The Kier molecular flexibility index (Phi) is 13.4. The van der Waals surface area contributed by atoms with Crippen molar-refractivity contribution in [1.29, 1.82) is 0 Å². The van der Waals surface area contributed by atoms with Gasteiger partial charge in [-0.3, -0.25) is 19.2 Å². The van der Waals surface area contributed by atoms with Crippen LogP contribution in [0.25, 0.3) is 10.9 Å². The van der Waals surface area contributed by atoms with Gasteiger partial charge in [-0.2, -0.15) is 11.8 Å². The van der Waals surface area contributed by atoms with Crippen LogP contribution in [0, 0.1) is 0 Å². The van der Waals surface area contributed by atoms with Gasteiger partial charge in [0.05, 0.1) is 12.5 Å². The number of H-pyrrole nitrogens is 1. The molecule has 0 fully saturated rings. The summed E-state index contributed by atoms with van der Waals surface area (Å²) in [4.78, 5) is 65.4. The maximum Gasteiger partial charge on any atom is 0.326 e. The first-order valence-corrected chi connectivity index (χ1v) is 14.4. The van der Waals surface area contributed by atoms with Gasteiger partial charge in [-0.25, -0.2) is 4.79 Å². The molecule has 1 aromatic carbocycles. The number of nitrogens with two attached hydrogens (primary N) is 3. The number of aromatic amines is 1. The number of carboxylic acid groups (broad SMARTS) is 1. The van der Waals surface area contributed by atoms with Crippen molar-refractivity contribution in [2.45, 2.75) is 62.7 Å². The summed E-state index contributed by atoms with van der Waals surface area (Å²) in [6.07, 6.45) is 4.65. The normalized spacial score (nSPS) is 14.1. The van der Waals surface area contributed by atoms with Crippen molar-refractivity contribution in [2.75, 3.05) is 18.6 Å². The molecule has 4 atom stereocenters. The molecule has 0 spiro atoms. The highest BCUT2D eigenvalue weighted by atomic mass is 32.2. The number of hydrogen-bond acceptors (Lipinski definition) is 8. The van der Waals surface area contributed by atoms with E-state index in [0.29, 0.717) is 25.1 Å². The number of amides is 4. The third-order valence-electron chi connectivity index (χ3n) is 6.29. The van der Waals surface area contributed by atoms with Gasteiger partial charge in [0.15, 0.2) is 0 Å². The molecule has 14 heteroatoms.